The largest absolute Gasteiger partial charge is 0.440 e. The number of pyridine rings is 1. The van der Waals surface area contributed by atoms with Gasteiger partial charge in [-0.2, -0.15) is 18.4 Å². The van der Waals surface area contributed by atoms with Crippen molar-refractivity contribution in [2.24, 2.45) is 17.3 Å². The van der Waals surface area contributed by atoms with Crippen LogP contribution in [0.4, 0.5) is 17.6 Å². The van der Waals surface area contributed by atoms with Crippen LogP contribution >= 0.6 is 11.6 Å². The Balaban J connectivity index is 1.72. The summed E-state index contributed by atoms with van der Waals surface area (Å²) in [5, 5.41) is 8.15. The molecule has 1 aliphatic rings. The van der Waals surface area contributed by atoms with E-state index in [2.05, 4.69) is 4.98 Å². The molecule has 10 heteroatoms. The molecule has 1 aliphatic carbocycles. The molecule has 0 spiro atoms. The molecule has 3 atom stereocenters. The number of hydrogen-bond acceptors (Lipinski definition) is 5. The fourth-order valence-electron chi connectivity index (χ4n) is 3.29. The molecular formula is C22H17ClF4N2O3. The van der Waals surface area contributed by atoms with Crippen molar-refractivity contribution in [1.29, 1.82) is 5.26 Å². The van der Waals surface area contributed by atoms with Gasteiger partial charge in [0.2, 0.25) is 12.0 Å². The molecule has 168 valence electrons. The Labute approximate surface area is 186 Å². The number of allylic oxidation sites excluding steroid dienone is 2. The summed E-state index contributed by atoms with van der Waals surface area (Å²) in [6.07, 6.45) is -5.32. The van der Waals surface area contributed by atoms with E-state index >= 15 is 0 Å². The zero-order chi connectivity index (χ0) is 23.7. The summed E-state index contributed by atoms with van der Waals surface area (Å²) in [5.74, 6) is -2.57. The lowest BCUT2D eigenvalue weighted by Crippen LogP contribution is -2.15. The predicted octanol–water partition coefficient (Wildman–Crippen LogP) is 6.08. The molecule has 0 saturated heterocycles. The lowest BCUT2D eigenvalue weighted by atomic mass is 10.1. The van der Waals surface area contributed by atoms with Crippen molar-refractivity contribution in [1.82, 2.24) is 4.98 Å². The second-order valence-corrected chi connectivity index (χ2v) is 8.15. The molecule has 1 heterocycles. The highest BCUT2D eigenvalue weighted by Gasteiger charge is 2.62. The van der Waals surface area contributed by atoms with E-state index in [1.165, 1.54) is 42.5 Å². The molecule has 2 aromatic rings. The van der Waals surface area contributed by atoms with Crippen LogP contribution in [0.15, 0.2) is 53.6 Å². The summed E-state index contributed by atoms with van der Waals surface area (Å²) in [4.78, 5) is 16.7. The van der Waals surface area contributed by atoms with Gasteiger partial charge in [0.25, 0.3) is 0 Å². The lowest BCUT2D eigenvalue weighted by molar-refractivity contribution is -0.149. The second-order valence-electron chi connectivity index (χ2n) is 7.74. The second kappa shape index (κ2) is 8.79. The van der Waals surface area contributed by atoms with Gasteiger partial charge in [-0.3, -0.25) is 4.79 Å². The Morgan fingerprint density at radius 1 is 1.25 bits per heavy atom. The number of rotatable bonds is 6. The van der Waals surface area contributed by atoms with E-state index in [4.69, 9.17) is 21.1 Å². The minimum Gasteiger partial charge on any atom is -0.440 e. The number of alkyl halides is 3. The standard InChI is InChI=1S/C22H17ClF4N2O3/c1-21(2)14(10-17(23)22(25,26)27)19(21)20(30)32-16(11-28)15-4-3-5-18(29-15)31-13-8-6-12(24)7-9-13/h3-10,14,16,19H,1-2H3/b17-10-/t14-,16?,19-/m1/s1. The number of nitriles is 1. The molecular weight excluding hydrogens is 452 g/mol. The van der Waals surface area contributed by atoms with E-state index in [9.17, 15) is 27.6 Å². The molecule has 1 aromatic carbocycles. The van der Waals surface area contributed by atoms with E-state index in [1.54, 1.807) is 19.9 Å². The highest BCUT2D eigenvalue weighted by Crippen LogP contribution is 2.60. The Bertz CT molecular complexity index is 1080. The Morgan fingerprint density at radius 3 is 2.50 bits per heavy atom. The number of aromatic nitrogens is 1. The summed E-state index contributed by atoms with van der Waals surface area (Å²) in [6, 6.07) is 11.4. The van der Waals surface area contributed by atoms with Gasteiger partial charge in [0.15, 0.2) is 0 Å². The number of halogens is 5. The van der Waals surface area contributed by atoms with Crippen molar-refractivity contribution in [3.63, 3.8) is 0 Å². The Kier molecular flexibility index (Phi) is 6.46. The van der Waals surface area contributed by atoms with E-state index in [0.29, 0.717) is 5.75 Å². The first-order valence-corrected chi connectivity index (χ1v) is 9.76. The summed E-state index contributed by atoms with van der Waals surface area (Å²) < 4.78 is 61.9. The number of hydrogen-bond donors (Lipinski definition) is 0. The molecule has 1 aromatic heterocycles. The minimum absolute atomic E-state index is 0.0688. The molecule has 0 amide bonds. The molecule has 1 saturated carbocycles. The summed E-state index contributed by atoms with van der Waals surface area (Å²) in [6.45, 7) is 3.22. The van der Waals surface area contributed by atoms with Crippen LogP contribution in [0, 0.1) is 34.4 Å². The van der Waals surface area contributed by atoms with Gasteiger partial charge < -0.3 is 9.47 Å². The van der Waals surface area contributed by atoms with Gasteiger partial charge >= 0.3 is 12.1 Å². The number of ether oxygens (including phenoxy) is 2. The van der Waals surface area contributed by atoms with Gasteiger partial charge in [0.05, 0.1) is 11.6 Å². The molecule has 0 N–H and O–H groups in total. The van der Waals surface area contributed by atoms with Crippen LogP contribution in [0.25, 0.3) is 0 Å². The molecule has 0 radical (unpaired) electrons. The maximum atomic E-state index is 13.0. The topological polar surface area (TPSA) is 72.2 Å². The average Bonchev–Trinajstić information content (AvgIpc) is 3.27. The normalized spacial score (nSPS) is 20.8. The third-order valence-electron chi connectivity index (χ3n) is 5.16. The number of nitrogens with zero attached hydrogens (tertiary/aromatic N) is 2. The maximum Gasteiger partial charge on any atom is 0.426 e. The summed E-state index contributed by atoms with van der Waals surface area (Å²) in [5.41, 5.74) is -0.747. The molecule has 1 fully saturated rings. The van der Waals surface area contributed by atoms with E-state index in [0.717, 1.165) is 6.08 Å². The number of benzene rings is 1. The van der Waals surface area contributed by atoms with Gasteiger partial charge in [-0.15, -0.1) is 0 Å². The van der Waals surface area contributed by atoms with Gasteiger partial charge in [-0.1, -0.05) is 37.6 Å². The van der Waals surface area contributed by atoms with Gasteiger partial charge in [-0.05, 0) is 41.7 Å². The number of carbonyl (C=O) groups is 1. The molecule has 0 bridgehead atoms. The fraction of sp³-hybridized carbons (Fsp3) is 0.318. The summed E-state index contributed by atoms with van der Waals surface area (Å²) in [7, 11) is 0. The molecule has 3 rings (SSSR count). The van der Waals surface area contributed by atoms with Crippen LogP contribution in [-0.4, -0.2) is 17.1 Å². The van der Waals surface area contributed by atoms with Crippen molar-refractivity contribution in [3.8, 4) is 17.7 Å². The van der Waals surface area contributed by atoms with Crippen LogP contribution in [0.3, 0.4) is 0 Å². The van der Waals surface area contributed by atoms with Gasteiger partial charge in [0, 0.05) is 6.07 Å². The highest BCUT2D eigenvalue weighted by atomic mass is 35.5. The van der Waals surface area contributed by atoms with Crippen molar-refractivity contribution < 1.29 is 31.8 Å². The third kappa shape index (κ3) is 5.19. The van der Waals surface area contributed by atoms with Crippen LogP contribution < -0.4 is 4.74 Å². The van der Waals surface area contributed by atoms with Crippen LogP contribution in [0.2, 0.25) is 0 Å². The highest BCUT2D eigenvalue weighted by molar-refractivity contribution is 6.30. The zero-order valence-corrected chi connectivity index (χ0v) is 17.6. The van der Waals surface area contributed by atoms with Crippen LogP contribution in [0.1, 0.15) is 25.6 Å². The third-order valence-corrected chi connectivity index (χ3v) is 5.50. The van der Waals surface area contributed by atoms with Crippen LogP contribution in [0.5, 0.6) is 11.6 Å². The molecule has 1 unspecified atom stereocenters. The Hall–Kier alpha value is -3.12. The first-order chi connectivity index (χ1) is 14.9. The predicted molar refractivity (Wildman–Crippen MR) is 106 cm³/mol. The van der Waals surface area contributed by atoms with E-state index in [1.807, 2.05) is 0 Å². The van der Waals surface area contributed by atoms with Crippen molar-refractivity contribution in [3.05, 3.63) is 65.1 Å². The van der Waals surface area contributed by atoms with Gasteiger partial charge in [0.1, 0.15) is 22.7 Å². The van der Waals surface area contributed by atoms with Crippen molar-refractivity contribution in [2.75, 3.05) is 0 Å². The maximum absolute atomic E-state index is 13.0. The molecule has 32 heavy (non-hydrogen) atoms. The van der Waals surface area contributed by atoms with Crippen molar-refractivity contribution in [2.45, 2.75) is 26.1 Å². The Morgan fingerprint density at radius 2 is 1.91 bits per heavy atom. The average molecular weight is 469 g/mol. The SMILES string of the molecule is CC1(C)[C@H](/C=C(\Cl)C(F)(F)F)[C@@H]1C(=O)OC(C#N)c1cccc(Oc2ccc(F)cc2)n1. The monoisotopic (exact) mass is 468 g/mol. The molecule has 0 aliphatic heterocycles. The lowest BCUT2D eigenvalue weighted by Gasteiger charge is -2.12. The minimum atomic E-state index is -4.71. The van der Waals surface area contributed by atoms with Gasteiger partial charge in [-0.25, -0.2) is 9.37 Å². The van der Waals surface area contributed by atoms with E-state index < -0.39 is 46.3 Å². The summed E-state index contributed by atoms with van der Waals surface area (Å²) >= 11 is 5.30. The first kappa shape index (κ1) is 23.5. The van der Waals surface area contributed by atoms with Crippen molar-refractivity contribution >= 4 is 17.6 Å². The quantitative estimate of drug-likeness (QED) is 0.379. The first-order valence-electron chi connectivity index (χ1n) is 9.38. The molecule has 5 nitrogen and oxygen atoms in total. The van der Waals surface area contributed by atoms with Crippen LogP contribution in [-0.2, 0) is 9.53 Å². The fourth-order valence-corrected chi connectivity index (χ4v) is 3.43. The number of carbonyl (C=O) groups excluding carboxylic acids is 1. The smallest absolute Gasteiger partial charge is 0.426 e. The number of esters is 1. The zero-order valence-electron chi connectivity index (χ0n) is 16.9. The van der Waals surface area contributed by atoms with E-state index in [-0.39, 0.29) is 11.6 Å².